The number of aromatic amines is 1. The molecule has 37 heavy (non-hydrogen) atoms. The average molecular weight is 513 g/mol. The molecule has 4 heterocycles. The normalized spacial score (nSPS) is 12.7. The van der Waals surface area contributed by atoms with Crippen molar-refractivity contribution in [1.29, 1.82) is 0 Å². The number of aliphatic hydroxyl groups is 1. The minimum absolute atomic E-state index is 0.0298. The van der Waals surface area contributed by atoms with Crippen LogP contribution in [0.25, 0.3) is 21.6 Å². The molecule has 9 heteroatoms. The van der Waals surface area contributed by atoms with Gasteiger partial charge in [-0.25, -0.2) is 15.0 Å². The molecule has 2 aromatic carbocycles. The highest BCUT2D eigenvalue weighted by atomic mass is 32.1. The number of anilines is 3. The number of nitrogens with zero attached hydrogens (tertiary/aromatic N) is 4. The molecule has 0 atom stereocenters. The lowest BCUT2D eigenvalue weighted by atomic mass is 10.0. The molecule has 0 amide bonds. The van der Waals surface area contributed by atoms with E-state index in [1.807, 2.05) is 19.1 Å². The molecule has 8 nitrogen and oxygen atoms in total. The number of hydrogen-bond acceptors (Lipinski definition) is 8. The molecule has 0 saturated heterocycles. The van der Waals surface area contributed by atoms with Crippen molar-refractivity contribution < 1.29 is 9.84 Å². The van der Waals surface area contributed by atoms with Crippen molar-refractivity contribution >= 4 is 39.6 Å². The fraction of sp³-hybridized carbons (Fsp3) is 0.250. The molecule has 0 unspecified atom stereocenters. The number of aryl methyl sites for hydroxylation is 3. The van der Waals surface area contributed by atoms with E-state index in [9.17, 15) is 5.11 Å². The maximum absolute atomic E-state index is 10.1. The van der Waals surface area contributed by atoms with Crippen LogP contribution in [0.2, 0.25) is 0 Å². The van der Waals surface area contributed by atoms with Gasteiger partial charge in [0.1, 0.15) is 6.61 Å². The number of benzene rings is 2. The van der Waals surface area contributed by atoms with Crippen LogP contribution in [-0.4, -0.2) is 51.3 Å². The minimum atomic E-state index is -0.0298. The fourth-order valence-corrected chi connectivity index (χ4v) is 5.52. The highest BCUT2D eigenvalue weighted by Gasteiger charge is 2.26. The summed E-state index contributed by atoms with van der Waals surface area (Å²) in [6, 6.07) is 16.7. The van der Waals surface area contributed by atoms with E-state index in [0.717, 1.165) is 33.9 Å². The van der Waals surface area contributed by atoms with Gasteiger partial charge >= 0.3 is 0 Å². The number of aliphatic hydroxyl groups excluding tert-OH is 1. The Bertz CT molecular complexity index is 1550. The third-order valence-corrected chi connectivity index (χ3v) is 7.44. The highest BCUT2D eigenvalue weighted by molar-refractivity contribution is 7.14. The monoisotopic (exact) mass is 512 g/mol. The Morgan fingerprint density at radius 2 is 1.89 bits per heavy atom. The number of thiazole rings is 1. The van der Waals surface area contributed by atoms with Gasteiger partial charge < -0.3 is 25.0 Å². The van der Waals surface area contributed by atoms with E-state index in [4.69, 9.17) is 14.7 Å². The van der Waals surface area contributed by atoms with Crippen LogP contribution < -0.4 is 15.0 Å². The van der Waals surface area contributed by atoms with Gasteiger partial charge in [-0.05, 0) is 43.0 Å². The Morgan fingerprint density at radius 1 is 1.05 bits per heavy atom. The first-order valence-electron chi connectivity index (χ1n) is 12.4. The summed E-state index contributed by atoms with van der Waals surface area (Å²) in [5.74, 6) is 2.51. The first kappa shape index (κ1) is 23.4. The van der Waals surface area contributed by atoms with Crippen molar-refractivity contribution in [2.24, 2.45) is 0 Å². The summed E-state index contributed by atoms with van der Waals surface area (Å²) in [6.07, 6.45) is 5.63. The molecular formula is C28H28N6O2S. The summed E-state index contributed by atoms with van der Waals surface area (Å²) in [5, 5.41) is 15.7. The van der Waals surface area contributed by atoms with E-state index < -0.39 is 0 Å². The molecule has 5 aromatic rings. The molecule has 0 fully saturated rings. The number of hydrogen-bond donors (Lipinski definition) is 3. The lowest BCUT2D eigenvalue weighted by molar-refractivity contribution is 0.302. The molecule has 6 rings (SSSR count). The summed E-state index contributed by atoms with van der Waals surface area (Å²) in [7, 11) is 0. The molecule has 3 N–H and O–H groups in total. The van der Waals surface area contributed by atoms with Crippen molar-refractivity contribution in [3.8, 4) is 16.5 Å². The number of ether oxygens (including phenoxy) is 1. The van der Waals surface area contributed by atoms with Crippen LogP contribution in [0.3, 0.4) is 0 Å². The third kappa shape index (κ3) is 4.63. The summed E-state index contributed by atoms with van der Waals surface area (Å²) in [6.45, 7) is 3.51. The van der Waals surface area contributed by atoms with Crippen molar-refractivity contribution in [3.63, 3.8) is 0 Å². The molecule has 3 aromatic heterocycles. The maximum atomic E-state index is 10.1. The average Bonchev–Trinajstić information content (AvgIpc) is 3.56. The number of aromatic nitrogens is 4. The highest BCUT2D eigenvalue weighted by Crippen LogP contribution is 2.41. The molecule has 0 aliphatic carbocycles. The van der Waals surface area contributed by atoms with Crippen LogP contribution in [0.5, 0.6) is 5.75 Å². The van der Waals surface area contributed by atoms with Gasteiger partial charge in [-0.15, -0.1) is 11.3 Å². The SMILES string of the molecule is Cc1ncc(-c2nc3c(c(N(CCO)c4ccccc4CCc4c[nH]c5ccccc45)n2)OCCN3)s1. The van der Waals surface area contributed by atoms with Gasteiger partial charge in [-0.1, -0.05) is 36.4 Å². The first-order chi connectivity index (χ1) is 18.2. The second-order valence-corrected chi connectivity index (χ2v) is 10.2. The summed E-state index contributed by atoms with van der Waals surface area (Å²) in [5.41, 5.74) is 4.61. The third-order valence-electron chi connectivity index (χ3n) is 6.53. The second kappa shape index (κ2) is 10.2. The zero-order valence-electron chi connectivity index (χ0n) is 20.6. The summed E-state index contributed by atoms with van der Waals surface area (Å²) in [4.78, 5) is 20.4. The van der Waals surface area contributed by atoms with E-state index in [0.29, 0.717) is 42.9 Å². The zero-order chi connectivity index (χ0) is 25.2. The second-order valence-electron chi connectivity index (χ2n) is 8.93. The van der Waals surface area contributed by atoms with E-state index in [2.05, 4.69) is 62.8 Å². The summed E-state index contributed by atoms with van der Waals surface area (Å²) < 4.78 is 6.08. The molecule has 188 valence electrons. The van der Waals surface area contributed by atoms with Crippen LogP contribution >= 0.6 is 11.3 Å². The Hall–Kier alpha value is -3.95. The van der Waals surface area contributed by atoms with E-state index in [1.54, 1.807) is 17.5 Å². The van der Waals surface area contributed by atoms with Gasteiger partial charge in [0.2, 0.25) is 5.75 Å². The molecular weight excluding hydrogens is 484 g/mol. The minimum Gasteiger partial charge on any atom is -0.485 e. The van der Waals surface area contributed by atoms with Crippen LogP contribution in [0.15, 0.2) is 60.9 Å². The van der Waals surface area contributed by atoms with Gasteiger partial charge in [-0.3, -0.25) is 0 Å². The number of fused-ring (bicyclic) bond motifs is 2. The molecule has 0 spiro atoms. The smallest absolute Gasteiger partial charge is 0.205 e. The van der Waals surface area contributed by atoms with Gasteiger partial charge in [0.05, 0.1) is 23.0 Å². The van der Waals surface area contributed by atoms with E-state index >= 15 is 0 Å². The van der Waals surface area contributed by atoms with E-state index in [1.165, 1.54) is 16.5 Å². The maximum Gasteiger partial charge on any atom is 0.205 e. The van der Waals surface area contributed by atoms with Gasteiger partial charge in [-0.2, -0.15) is 0 Å². The largest absolute Gasteiger partial charge is 0.485 e. The molecule has 0 saturated carbocycles. The fourth-order valence-electron chi connectivity index (χ4n) is 4.81. The first-order valence-corrected chi connectivity index (χ1v) is 13.3. The van der Waals surface area contributed by atoms with Crippen LogP contribution in [0.4, 0.5) is 17.3 Å². The number of nitrogens with one attached hydrogen (secondary N) is 2. The van der Waals surface area contributed by atoms with Crippen LogP contribution in [0, 0.1) is 6.92 Å². The predicted molar refractivity (Wildman–Crippen MR) is 148 cm³/mol. The van der Waals surface area contributed by atoms with Crippen LogP contribution in [0.1, 0.15) is 16.1 Å². The van der Waals surface area contributed by atoms with Crippen molar-refractivity contribution in [2.45, 2.75) is 19.8 Å². The molecule has 0 bridgehead atoms. The molecule has 1 aliphatic heterocycles. The topological polar surface area (TPSA) is 99.2 Å². The zero-order valence-corrected chi connectivity index (χ0v) is 21.4. The Morgan fingerprint density at radius 3 is 2.76 bits per heavy atom. The standard InChI is InChI=1S/C28H28N6O2S/c1-18-30-17-24(37-18)26-32-27-25(36-15-12-29-27)28(33-26)34(13-14-35)23-9-5-2-6-19(23)10-11-20-16-31-22-8-4-3-7-21(20)22/h2-9,16-17,31,35H,10-15H2,1H3,(H,29,32,33). The van der Waals surface area contributed by atoms with Gasteiger partial charge in [0.25, 0.3) is 0 Å². The van der Waals surface area contributed by atoms with Crippen molar-refractivity contribution in [3.05, 3.63) is 77.1 Å². The number of rotatable bonds is 8. The van der Waals surface area contributed by atoms with E-state index in [-0.39, 0.29) is 6.61 Å². The molecule has 0 radical (unpaired) electrons. The quantitative estimate of drug-likeness (QED) is 0.266. The van der Waals surface area contributed by atoms with Gasteiger partial charge in [0.15, 0.2) is 17.5 Å². The lowest BCUT2D eigenvalue weighted by Crippen LogP contribution is -2.27. The lowest BCUT2D eigenvalue weighted by Gasteiger charge is -2.30. The van der Waals surface area contributed by atoms with Crippen molar-refractivity contribution in [1.82, 2.24) is 19.9 Å². The Kier molecular flexibility index (Phi) is 6.46. The Balaban J connectivity index is 1.40. The molecule has 1 aliphatic rings. The number of para-hydroxylation sites is 2. The van der Waals surface area contributed by atoms with Crippen molar-refractivity contribution in [2.75, 3.05) is 36.5 Å². The number of H-pyrrole nitrogens is 1. The Labute approximate surface area is 219 Å². The van der Waals surface area contributed by atoms with Crippen LogP contribution in [-0.2, 0) is 12.8 Å². The predicted octanol–water partition coefficient (Wildman–Crippen LogP) is 5.11. The van der Waals surface area contributed by atoms with Gasteiger partial charge in [0, 0.05) is 35.5 Å². The summed E-state index contributed by atoms with van der Waals surface area (Å²) >= 11 is 1.56.